The van der Waals surface area contributed by atoms with Gasteiger partial charge < -0.3 is 4.74 Å². The predicted molar refractivity (Wildman–Crippen MR) is 75.0 cm³/mol. The molecule has 6 nitrogen and oxygen atoms in total. The number of hydrogen-bond acceptors (Lipinski definition) is 4. The quantitative estimate of drug-likeness (QED) is 0.334. The Morgan fingerprint density at radius 2 is 2.21 bits per heavy atom. The van der Waals surface area contributed by atoms with Crippen molar-refractivity contribution in [3.8, 4) is 0 Å². The Balaban J connectivity index is 1.90. The Morgan fingerprint density at radius 3 is 2.74 bits per heavy atom. The molecule has 0 atom stereocenters. The van der Waals surface area contributed by atoms with E-state index >= 15 is 0 Å². The first kappa shape index (κ1) is 14.2. The number of aromatic nitrogens is 2. The first-order valence-electron chi connectivity index (χ1n) is 6.66. The summed E-state index contributed by atoms with van der Waals surface area (Å²) < 4.78 is 7.11. The maximum atomic E-state index is 10.9. The van der Waals surface area contributed by atoms with Crippen molar-refractivity contribution in [2.24, 2.45) is 0 Å². The minimum Gasteiger partial charge on any atom is -0.360 e. The van der Waals surface area contributed by atoms with Crippen molar-refractivity contribution in [2.45, 2.75) is 51.2 Å². The maximum absolute atomic E-state index is 10.9. The fourth-order valence-electron chi connectivity index (χ4n) is 1.82. The van der Waals surface area contributed by atoms with E-state index in [1.807, 2.05) is 0 Å². The summed E-state index contributed by atoms with van der Waals surface area (Å²) in [5.41, 5.74) is 0.759. The third kappa shape index (κ3) is 4.14. The minimum atomic E-state index is -1.09. The third-order valence-corrected chi connectivity index (χ3v) is 4.85. The van der Waals surface area contributed by atoms with Crippen LogP contribution in [0.5, 0.6) is 0 Å². The molecule has 1 saturated carbocycles. The summed E-state index contributed by atoms with van der Waals surface area (Å²) in [5.74, 6) is 0.281. The molecule has 0 spiro atoms. The molecule has 1 aliphatic rings. The fraction of sp³-hybridized carbons (Fsp3) is 0.750. The Labute approximate surface area is 113 Å². The Hall–Kier alpha value is -1.21. The molecule has 0 amide bonds. The van der Waals surface area contributed by atoms with Crippen LogP contribution in [0.3, 0.4) is 0 Å². The highest BCUT2D eigenvalue weighted by molar-refractivity contribution is 6.76. The number of hydrogen-bond donors (Lipinski definition) is 0. The van der Waals surface area contributed by atoms with Gasteiger partial charge in [-0.2, -0.15) is 5.10 Å². The van der Waals surface area contributed by atoms with Gasteiger partial charge in [0, 0.05) is 20.6 Å². The normalized spacial score (nSPS) is 15.7. The topological polar surface area (TPSA) is 70.2 Å². The molecule has 0 aromatic carbocycles. The van der Waals surface area contributed by atoms with Crippen LogP contribution in [0.25, 0.3) is 0 Å². The Kier molecular flexibility index (Phi) is 4.05. The minimum absolute atomic E-state index is 0.135. The van der Waals surface area contributed by atoms with E-state index in [0.29, 0.717) is 19.0 Å². The van der Waals surface area contributed by atoms with E-state index in [4.69, 9.17) is 4.74 Å². The van der Waals surface area contributed by atoms with E-state index in [1.54, 1.807) is 4.68 Å². The van der Waals surface area contributed by atoms with E-state index in [0.717, 1.165) is 18.9 Å². The summed E-state index contributed by atoms with van der Waals surface area (Å²) in [6, 6.07) is 1.09. The molecule has 2 rings (SSSR count). The molecule has 1 aromatic rings. The van der Waals surface area contributed by atoms with Crippen LogP contribution in [0.2, 0.25) is 25.7 Å². The molecule has 0 unspecified atom stereocenters. The predicted octanol–water partition coefficient (Wildman–Crippen LogP) is 2.98. The summed E-state index contributed by atoms with van der Waals surface area (Å²) >= 11 is 0. The number of ether oxygens (including phenoxy) is 1. The van der Waals surface area contributed by atoms with Crippen molar-refractivity contribution in [1.82, 2.24) is 9.78 Å². The van der Waals surface area contributed by atoms with Gasteiger partial charge in [0.15, 0.2) is 0 Å². The van der Waals surface area contributed by atoms with E-state index in [2.05, 4.69) is 24.7 Å². The summed E-state index contributed by atoms with van der Waals surface area (Å²) in [4.78, 5) is 10.6. The first-order chi connectivity index (χ1) is 8.87. The van der Waals surface area contributed by atoms with Crippen molar-refractivity contribution in [1.29, 1.82) is 0 Å². The van der Waals surface area contributed by atoms with Crippen molar-refractivity contribution in [2.75, 3.05) is 6.61 Å². The average Bonchev–Trinajstić information content (AvgIpc) is 3.04. The molecule has 0 saturated heterocycles. The van der Waals surface area contributed by atoms with Gasteiger partial charge >= 0.3 is 5.69 Å². The zero-order valence-electron chi connectivity index (χ0n) is 11.8. The maximum Gasteiger partial charge on any atom is 0.310 e. The van der Waals surface area contributed by atoms with Crippen LogP contribution in [0.1, 0.15) is 24.5 Å². The molecular formula is C12H21N3O3Si. The lowest BCUT2D eigenvalue weighted by molar-refractivity contribution is -0.385. The van der Waals surface area contributed by atoms with Crippen LogP contribution in [0.4, 0.5) is 5.69 Å². The van der Waals surface area contributed by atoms with E-state index in [1.165, 1.54) is 6.20 Å². The number of rotatable bonds is 7. The Morgan fingerprint density at radius 1 is 1.53 bits per heavy atom. The smallest absolute Gasteiger partial charge is 0.310 e. The number of nitro groups is 1. The van der Waals surface area contributed by atoms with Gasteiger partial charge in [0.25, 0.3) is 0 Å². The highest BCUT2D eigenvalue weighted by Crippen LogP contribution is 2.43. The highest BCUT2D eigenvalue weighted by atomic mass is 28.3. The molecule has 0 aliphatic heterocycles. The van der Waals surface area contributed by atoms with Crippen LogP contribution in [0.15, 0.2) is 6.20 Å². The van der Waals surface area contributed by atoms with E-state index < -0.39 is 8.07 Å². The van der Waals surface area contributed by atoms with Crippen molar-refractivity contribution < 1.29 is 9.66 Å². The fourth-order valence-corrected chi connectivity index (χ4v) is 2.57. The van der Waals surface area contributed by atoms with Crippen LogP contribution in [-0.4, -0.2) is 29.4 Å². The van der Waals surface area contributed by atoms with Gasteiger partial charge in [0.2, 0.25) is 0 Å². The standard InChI is InChI=1S/C12H21N3O3Si/c1-19(2,3)7-6-18-9-14-8-11(15(16)17)12(13-14)10-4-5-10/h8,10H,4-7,9H2,1-3H3. The van der Waals surface area contributed by atoms with Crippen molar-refractivity contribution in [3.63, 3.8) is 0 Å². The third-order valence-electron chi connectivity index (χ3n) is 3.15. The molecule has 1 aliphatic carbocycles. The monoisotopic (exact) mass is 283 g/mol. The summed E-state index contributed by atoms with van der Waals surface area (Å²) in [6.45, 7) is 7.88. The van der Waals surface area contributed by atoms with Gasteiger partial charge in [-0.25, -0.2) is 4.68 Å². The molecule has 0 bridgehead atoms. The molecular weight excluding hydrogens is 262 g/mol. The second-order valence-corrected chi connectivity index (χ2v) is 11.9. The van der Waals surface area contributed by atoms with E-state index in [-0.39, 0.29) is 16.5 Å². The van der Waals surface area contributed by atoms with Crippen LogP contribution < -0.4 is 0 Å². The van der Waals surface area contributed by atoms with Gasteiger partial charge in [-0.1, -0.05) is 19.6 Å². The lowest BCUT2D eigenvalue weighted by Gasteiger charge is -2.15. The zero-order valence-corrected chi connectivity index (χ0v) is 12.8. The highest BCUT2D eigenvalue weighted by Gasteiger charge is 2.34. The van der Waals surface area contributed by atoms with Crippen LogP contribution in [0, 0.1) is 10.1 Å². The molecule has 0 radical (unpaired) electrons. The summed E-state index contributed by atoms with van der Waals surface area (Å²) in [5, 5.41) is 15.2. The molecule has 19 heavy (non-hydrogen) atoms. The molecule has 1 fully saturated rings. The second-order valence-electron chi connectivity index (χ2n) is 6.32. The second kappa shape index (κ2) is 5.42. The first-order valence-corrected chi connectivity index (χ1v) is 10.4. The molecule has 106 valence electrons. The van der Waals surface area contributed by atoms with Crippen LogP contribution in [-0.2, 0) is 11.5 Å². The van der Waals surface area contributed by atoms with Gasteiger partial charge in [-0.3, -0.25) is 10.1 Å². The van der Waals surface area contributed by atoms with Gasteiger partial charge in [0.1, 0.15) is 18.6 Å². The van der Waals surface area contributed by atoms with Gasteiger partial charge in [-0.15, -0.1) is 0 Å². The molecule has 7 heteroatoms. The molecule has 1 heterocycles. The Bertz CT molecular complexity index is 463. The van der Waals surface area contributed by atoms with Gasteiger partial charge in [0.05, 0.1) is 4.92 Å². The zero-order chi connectivity index (χ0) is 14.0. The van der Waals surface area contributed by atoms with Crippen molar-refractivity contribution in [3.05, 3.63) is 22.0 Å². The number of nitrogens with zero attached hydrogens (tertiary/aromatic N) is 3. The average molecular weight is 283 g/mol. The van der Waals surface area contributed by atoms with Crippen molar-refractivity contribution >= 4 is 13.8 Å². The SMILES string of the molecule is C[Si](C)(C)CCOCn1cc([N+](=O)[O-])c(C2CC2)n1. The van der Waals surface area contributed by atoms with Crippen LogP contribution >= 0.6 is 0 Å². The lowest BCUT2D eigenvalue weighted by atomic mass is 10.3. The lowest BCUT2D eigenvalue weighted by Crippen LogP contribution is -2.22. The summed E-state index contributed by atoms with van der Waals surface area (Å²) in [7, 11) is -1.09. The van der Waals surface area contributed by atoms with Gasteiger partial charge in [-0.05, 0) is 18.9 Å². The molecule has 1 aromatic heterocycles. The largest absolute Gasteiger partial charge is 0.360 e. The summed E-state index contributed by atoms with van der Waals surface area (Å²) in [6.07, 6.45) is 3.50. The molecule has 0 N–H and O–H groups in total. The van der Waals surface area contributed by atoms with E-state index in [9.17, 15) is 10.1 Å².